The third kappa shape index (κ3) is 3.02. The number of fused-ring (bicyclic) bond motifs is 2. The first-order valence-electron chi connectivity index (χ1n) is 8.04. The molecule has 0 aromatic heterocycles. The zero-order valence-electron chi connectivity index (χ0n) is 13.5. The number of nitrogens with zero attached hydrogens (tertiary/aromatic N) is 2. The smallest absolute Gasteiger partial charge is 0.415 e. The van der Waals surface area contributed by atoms with E-state index in [2.05, 4.69) is 4.99 Å². The highest BCUT2D eigenvalue weighted by Gasteiger charge is 2.17. The number of hydrogen-bond donors (Lipinski definition) is 1. The van der Waals surface area contributed by atoms with Crippen molar-refractivity contribution in [3.63, 3.8) is 0 Å². The van der Waals surface area contributed by atoms with Crippen LogP contribution in [0.15, 0.2) is 83.6 Å². The topological polar surface area (TPSA) is 52.9 Å². The Morgan fingerprint density at radius 3 is 2.36 bits per heavy atom. The molecule has 1 aliphatic heterocycles. The fourth-order valence-corrected chi connectivity index (χ4v) is 3.00. The van der Waals surface area contributed by atoms with Crippen molar-refractivity contribution in [2.24, 2.45) is 4.99 Å². The van der Waals surface area contributed by atoms with Crippen molar-refractivity contribution in [3.05, 3.63) is 94.8 Å². The first-order valence-corrected chi connectivity index (χ1v) is 8.04. The van der Waals surface area contributed by atoms with Crippen molar-refractivity contribution in [1.82, 2.24) is 4.90 Å². The minimum atomic E-state index is -1.02. The molecule has 1 heterocycles. The number of amides is 1. The lowest BCUT2D eigenvalue weighted by atomic mass is 10.1. The normalized spacial score (nSPS) is 13.3. The predicted octanol–water partition coefficient (Wildman–Crippen LogP) is 3.28. The molecule has 0 fully saturated rings. The molecule has 0 radical (unpaired) electrons. The molecule has 122 valence electrons. The summed E-state index contributed by atoms with van der Waals surface area (Å²) in [6.07, 6.45) is 2.78. The molecule has 25 heavy (non-hydrogen) atoms. The molecule has 0 atom stereocenters. The molecule has 0 unspecified atom stereocenters. The Morgan fingerprint density at radius 1 is 0.960 bits per heavy atom. The van der Waals surface area contributed by atoms with Gasteiger partial charge >= 0.3 is 6.09 Å². The van der Waals surface area contributed by atoms with E-state index in [9.17, 15) is 9.90 Å². The first-order chi connectivity index (χ1) is 12.2. The molecular weight excluding hydrogens is 312 g/mol. The highest BCUT2D eigenvalue weighted by Crippen LogP contribution is 2.15. The number of allylic oxidation sites excluding steroid dienone is 1. The lowest BCUT2D eigenvalue weighted by Crippen LogP contribution is -2.30. The Labute approximate surface area is 144 Å². The Balaban J connectivity index is 1.86. The van der Waals surface area contributed by atoms with Gasteiger partial charge in [-0.05, 0) is 28.5 Å². The molecule has 0 spiro atoms. The second kappa shape index (κ2) is 6.24. The molecule has 0 saturated carbocycles. The zero-order valence-corrected chi connectivity index (χ0v) is 13.5. The summed E-state index contributed by atoms with van der Waals surface area (Å²) in [5.41, 5.74) is 1.67. The van der Waals surface area contributed by atoms with Crippen molar-refractivity contribution < 1.29 is 9.90 Å². The van der Waals surface area contributed by atoms with Crippen molar-refractivity contribution in [3.8, 4) is 0 Å². The fourth-order valence-electron chi connectivity index (χ4n) is 3.00. The number of carboxylic acid groups (broad SMARTS) is 1. The van der Waals surface area contributed by atoms with E-state index in [1.54, 1.807) is 12.4 Å². The first kappa shape index (κ1) is 15.1. The van der Waals surface area contributed by atoms with Gasteiger partial charge in [-0.2, -0.15) is 0 Å². The molecule has 1 aliphatic rings. The second-order valence-electron chi connectivity index (χ2n) is 5.95. The summed E-state index contributed by atoms with van der Waals surface area (Å²) in [7, 11) is 0. The SMILES string of the molecule is O=C(O)N1C=c2cc3ccccc3cc2=NC=C1Cc1ccccc1. The molecule has 3 aromatic rings. The van der Waals surface area contributed by atoms with Gasteiger partial charge in [-0.25, -0.2) is 4.79 Å². The largest absolute Gasteiger partial charge is 0.464 e. The van der Waals surface area contributed by atoms with Crippen LogP contribution in [0.1, 0.15) is 5.56 Å². The molecule has 4 nitrogen and oxygen atoms in total. The van der Waals surface area contributed by atoms with E-state index in [0.717, 1.165) is 26.9 Å². The standard InChI is InChI=1S/C21H16N2O2/c24-21(25)23-14-18-11-16-8-4-5-9-17(16)12-20(18)22-13-19(23)10-15-6-2-1-3-7-15/h1-9,11-14H,10H2,(H,24,25). The van der Waals surface area contributed by atoms with Crippen LogP contribution in [0.3, 0.4) is 0 Å². The number of hydrogen-bond acceptors (Lipinski definition) is 2. The Morgan fingerprint density at radius 2 is 1.64 bits per heavy atom. The van der Waals surface area contributed by atoms with E-state index in [0.29, 0.717) is 12.1 Å². The molecule has 0 aliphatic carbocycles. The van der Waals surface area contributed by atoms with Crippen LogP contribution in [0.5, 0.6) is 0 Å². The molecule has 4 rings (SSSR count). The maximum atomic E-state index is 11.8. The zero-order chi connectivity index (χ0) is 17.2. The van der Waals surface area contributed by atoms with Gasteiger partial charge in [-0.1, -0.05) is 54.6 Å². The Bertz CT molecular complexity index is 1100. The maximum absolute atomic E-state index is 11.8. The molecule has 4 heteroatoms. The minimum Gasteiger partial charge on any atom is -0.464 e. The van der Waals surface area contributed by atoms with Gasteiger partial charge in [-0.15, -0.1) is 0 Å². The Kier molecular flexibility index (Phi) is 3.78. The van der Waals surface area contributed by atoms with Gasteiger partial charge < -0.3 is 5.11 Å². The van der Waals surface area contributed by atoms with Crippen LogP contribution < -0.4 is 10.6 Å². The predicted molar refractivity (Wildman–Crippen MR) is 97.3 cm³/mol. The molecule has 1 amide bonds. The minimum absolute atomic E-state index is 0.501. The summed E-state index contributed by atoms with van der Waals surface area (Å²) in [4.78, 5) is 17.6. The third-order valence-electron chi connectivity index (χ3n) is 4.26. The van der Waals surface area contributed by atoms with Gasteiger partial charge in [0.2, 0.25) is 0 Å². The summed E-state index contributed by atoms with van der Waals surface area (Å²) in [5, 5.41) is 13.4. The van der Waals surface area contributed by atoms with Crippen LogP contribution in [0.4, 0.5) is 4.79 Å². The number of benzene rings is 3. The van der Waals surface area contributed by atoms with Gasteiger partial charge in [-0.3, -0.25) is 9.89 Å². The Hall–Kier alpha value is -3.40. The maximum Gasteiger partial charge on any atom is 0.415 e. The number of carbonyl (C=O) groups is 1. The highest BCUT2D eigenvalue weighted by atomic mass is 16.4. The van der Waals surface area contributed by atoms with Crippen LogP contribution in [0, 0.1) is 0 Å². The summed E-state index contributed by atoms with van der Waals surface area (Å²) >= 11 is 0. The average molecular weight is 328 g/mol. The van der Waals surface area contributed by atoms with E-state index in [-0.39, 0.29) is 0 Å². The summed E-state index contributed by atoms with van der Waals surface area (Å²) in [6.45, 7) is 0. The molecule has 0 saturated heterocycles. The molecule has 1 N–H and O–H groups in total. The van der Waals surface area contributed by atoms with E-state index >= 15 is 0 Å². The highest BCUT2D eigenvalue weighted by molar-refractivity contribution is 5.83. The third-order valence-corrected chi connectivity index (χ3v) is 4.26. The summed E-state index contributed by atoms with van der Waals surface area (Å²) in [5.74, 6) is 0. The summed E-state index contributed by atoms with van der Waals surface area (Å²) < 4.78 is 0. The molecule has 0 bridgehead atoms. The molecular formula is C21H16N2O2. The van der Waals surface area contributed by atoms with E-state index in [4.69, 9.17) is 0 Å². The van der Waals surface area contributed by atoms with Crippen LogP contribution in [-0.4, -0.2) is 16.1 Å². The lowest BCUT2D eigenvalue weighted by molar-refractivity contribution is 0.175. The molecule has 3 aromatic carbocycles. The quantitative estimate of drug-likeness (QED) is 0.785. The van der Waals surface area contributed by atoms with Crippen molar-refractivity contribution in [2.75, 3.05) is 0 Å². The van der Waals surface area contributed by atoms with E-state index < -0.39 is 6.09 Å². The van der Waals surface area contributed by atoms with Crippen LogP contribution in [0.2, 0.25) is 0 Å². The van der Waals surface area contributed by atoms with Crippen LogP contribution >= 0.6 is 0 Å². The van der Waals surface area contributed by atoms with Gasteiger partial charge in [0.05, 0.1) is 11.1 Å². The van der Waals surface area contributed by atoms with E-state index in [1.165, 1.54) is 4.90 Å². The monoisotopic (exact) mass is 328 g/mol. The van der Waals surface area contributed by atoms with Gasteiger partial charge in [0.1, 0.15) is 0 Å². The van der Waals surface area contributed by atoms with Crippen LogP contribution in [0.25, 0.3) is 17.0 Å². The fraction of sp³-hybridized carbons (Fsp3) is 0.0476. The number of rotatable bonds is 2. The second-order valence-corrected chi connectivity index (χ2v) is 5.95. The van der Waals surface area contributed by atoms with E-state index in [1.807, 2.05) is 66.7 Å². The van der Waals surface area contributed by atoms with Gasteiger partial charge in [0, 0.05) is 24.0 Å². The van der Waals surface area contributed by atoms with Crippen LogP contribution in [-0.2, 0) is 6.42 Å². The van der Waals surface area contributed by atoms with Gasteiger partial charge in [0.15, 0.2) is 0 Å². The van der Waals surface area contributed by atoms with Crippen molar-refractivity contribution in [2.45, 2.75) is 6.42 Å². The average Bonchev–Trinajstić information content (AvgIpc) is 2.80. The van der Waals surface area contributed by atoms with Gasteiger partial charge in [0.25, 0.3) is 0 Å². The van der Waals surface area contributed by atoms with Crippen molar-refractivity contribution in [1.29, 1.82) is 0 Å². The van der Waals surface area contributed by atoms with Crippen molar-refractivity contribution >= 4 is 23.1 Å². The lowest BCUT2D eigenvalue weighted by Gasteiger charge is -2.17. The summed E-state index contributed by atoms with van der Waals surface area (Å²) in [6, 6.07) is 21.7.